The minimum absolute atomic E-state index is 0.0662. The Morgan fingerprint density at radius 1 is 1.00 bits per heavy atom. The fourth-order valence-corrected chi connectivity index (χ4v) is 6.40. The van der Waals surface area contributed by atoms with E-state index >= 15 is 0 Å². The van der Waals surface area contributed by atoms with Gasteiger partial charge in [0.15, 0.2) is 5.11 Å². The number of hydrogen-bond donors (Lipinski definition) is 3. The number of rotatable bonds is 3. The molecule has 140 valence electrons. The smallest absolute Gasteiger partial charge is 0.238 e. The Morgan fingerprint density at radius 2 is 1.54 bits per heavy atom. The van der Waals surface area contributed by atoms with Crippen LogP contribution in [0.3, 0.4) is 0 Å². The molecule has 0 heterocycles. The quantitative estimate of drug-likeness (QED) is 0.550. The van der Waals surface area contributed by atoms with E-state index in [1.54, 1.807) is 0 Å². The van der Waals surface area contributed by atoms with Gasteiger partial charge in [-0.05, 0) is 111 Å². The van der Waals surface area contributed by atoms with Crippen LogP contribution in [-0.4, -0.2) is 11.0 Å². The zero-order valence-corrected chi connectivity index (χ0v) is 16.5. The maximum atomic E-state index is 12.5. The number of anilines is 1. The summed E-state index contributed by atoms with van der Waals surface area (Å²) in [5, 5.41) is 3.57. The van der Waals surface area contributed by atoms with E-state index < -0.39 is 0 Å². The number of aryl methyl sites for hydroxylation is 2. The molecule has 0 spiro atoms. The molecule has 0 unspecified atom stereocenters. The van der Waals surface area contributed by atoms with E-state index in [-0.39, 0.29) is 11.3 Å². The van der Waals surface area contributed by atoms with Gasteiger partial charge in [-0.3, -0.25) is 15.6 Å². The molecular weight excluding hydrogens is 342 g/mol. The average molecular weight is 372 g/mol. The minimum atomic E-state index is 0.0662. The summed E-state index contributed by atoms with van der Waals surface area (Å²) in [7, 11) is 0. The van der Waals surface area contributed by atoms with Crippen LogP contribution in [0.15, 0.2) is 18.2 Å². The molecule has 4 nitrogen and oxygen atoms in total. The number of thiocarbonyl (C=S) groups is 1. The molecule has 0 saturated heterocycles. The van der Waals surface area contributed by atoms with Crippen LogP contribution in [0.25, 0.3) is 0 Å². The van der Waals surface area contributed by atoms with Crippen molar-refractivity contribution in [1.82, 2.24) is 10.9 Å². The van der Waals surface area contributed by atoms with Gasteiger partial charge in [-0.2, -0.15) is 0 Å². The highest BCUT2D eigenvalue weighted by atomic mass is 32.1. The van der Waals surface area contributed by atoms with E-state index in [4.69, 9.17) is 12.2 Å². The summed E-state index contributed by atoms with van der Waals surface area (Å²) in [4.78, 5) is 12.5. The zero-order chi connectivity index (χ0) is 18.3. The molecule has 1 amide bonds. The van der Waals surface area contributed by atoms with Crippen molar-refractivity contribution < 1.29 is 4.79 Å². The van der Waals surface area contributed by atoms with Crippen molar-refractivity contribution in [2.75, 3.05) is 5.32 Å². The Labute approximate surface area is 161 Å². The maximum absolute atomic E-state index is 12.5. The molecule has 0 aliphatic heterocycles. The van der Waals surface area contributed by atoms with Gasteiger partial charge in [0.1, 0.15) is 0 Å². The fraction of sp³-hybridized carbons (Fsp3) is 0.619. The van der Waals surface area contributed by atoms with Crippen LogP contribution < -0.4 is 16.2 Å². The molecule has 3 N–H and O–H groups in total. The molecule has 26 heavy (non-hydrogen) atoms. The summed E-state index contributed by atoms with van der Waals surface area (Å²) in [5.41, 5.74) is 9.24. The molecule has 4 aliphatic rings. The number of carbonyl (C=O) groups excluding carboxylic acids is 1. The molecule has 4 saturated carbocycles. The van der Waals surface area contributed by atoms with E-state index in [1.807, 2.05) is 12.1 Å². The van der Waals surface area contributed by atoms with E-state index in [1.165, 1.54) is 49.7 Å². The van der Waals surface area contributed by atoms with Gasteiger partial charge >= 0.3 is 0 Å². The third kappa shape index (κ3) is 3.88. The monoisotopic (exact) mass is 371 g/mol. The second-order valence-electron chi connectivity index (χ2n) is 9.10. The normalized spacial score (nSPS) is 31.5. The van der Waals surface area contributed by atoms with Gasteiger partial charge in [0, 0.05) is 12.1 Å². The van der Waals surface area contributed by atoms with Crippen LogP contribution in [0.1, 0.15) is 56.1 Å². The number of amides is 1. The number of benzene rings is 1. The number of hydrazine groups is 1. The lowest BCUT2D eigenvalue weighted by Crippen LogP contribution is -2.50. The van der Waals surface area contributed by atoms with Gasteiger partial charge in [-0.15, -0.1) is 0 Å². The lowest BCUT2D eigenvalue weighted by atomic mass is 9.49. The first kappa shape index (κ1) is 17.8. The second-order valence-corrected chi connectivity index (χ2v) is 9.51. The second kappa shape index (κ2) is 6.84. The maximum Gasteiger partial charge on any atom is 0.238 e. The molecule has 0 radical (unpaired) electrons. The van der Waals surface area contributed by atoms with Crippen LogP contribution in [0, 0.1) is 37.0 Å². The van der Waals surface area contributed by atoms with Gasteiger partial charge < -0.3 is 5.32 Å². The van der Waals surface area contributed by atoms with Crippen LogP contribution in [0.4, 0.5) is 5.69 Å². The standard InChI is InChI=1S/C21H29N3OS/c1-13-3-14(2)5-18(4-13)22-20(26)24-23-19(25)12-21-9-15-6-16(10-21)8-17(7-15)11-21/h3-5,15-17H,6-12H2,1-2H3,(H,23,25)(H2,22,24,26). The van der Waals surface area contributed by atoms with E-state index in [2.05, 4.69) is 36.1 Å². The summed E-state index contributed by atoms with van der Waals surface area (Å²) >= 11 is 5.32. The van der Waals surface area contributed by atoms with Crippen molar-refractivity contribution >= 4 is 28.9 Å². The van der Waals surface area contributed by atoms with E-state index in [0.29, 0.717) is 11.5 Å². The van der Waals surface area contributed by atoms with Crippen LogP contribution in [0.2, 0.25) is 0 Å². The number of carbonyl (C=O) groups is 1. The van der Waals surface area contributed by atoms with Gasteiger partial charge in [-0.1, -0.05) is 6.07 Å². The average Bonchev–Trinajstić information content (AvgIpc) is 2.50. The first-order valence-electron chi connectivity index (χ1n) is 9.83. The first-order valence-corrected chi connectivity index (χ1v) is 10.2. The minimum Gasteiger partial charge on any atom is -0.331 e. The Morgan fingerprint density at radius 3 is 2.08 bits per heavy atom. The van der Waals surface area contributed by atoms with Crippen molar-refractivity contribution in [2.24, 2.45) is 23.2 Å². The van der Waals surface area contributed by atoms with Gasteiger partial charge in [0.25, 0.3) is 0 Å². The molecular formula is C21H29N3OS. The van der Waals surface area contributed by atoms with Crippen molar-refractivity contribution in [3.8, 4) is 0 Å². The highest BCUT2D eigenvalue weighted by Crippen LogP contribution is 2.61. The lowest BCUT2D eigenvalue weighted by Gasteiger charge is -2.56. The van der Waals surface area contributed by atoms with Gasteiger partial charge in [-0.25, -0.2) is 0 Å². The molecule has 1 aromatic carbocycles. The predicted octanol–water partition coefficient (Wildman–Crippen LogP) is 4.23. The first-order chi connectivity index (χ1) is 12.4. The van der Waals surface area contributed by atoms with Crippen LogP contribution in [-0.2, 0) is 4.79 Å². The Hall–Kier alpha value is -1.62. The topological polar surface area (TPSA) is 53.2 Å². The highest BCUT2D eigenvalue weighted by molar-refractivity contribution is 7.80. The number of hydrogen-bond acceptors (Lipinski definition) is 2. The van der Waals surface area contributed by atoms with E-state index in [9.17, 15) is 4.79 Å². The Balaban J connectivity index is 1.28. The number of nitrogens with one attached hydrogen (secondary N) is 3. The van der Waals surface area contributed by atoms with Crippen LogP contribution >= 0.6 is 12.2 Å². The Bertz CT molecular complexity index is 674. The lowest BCUT2D eigenvalue weighted by molar-refractivity contribution is -0.129. The molecule has 0 aromatic heterocycles. The van der Waals surface area contributed by atoms with Crippen molar-refractivity contribution in [3.63, 3.8) is 0 Å². The predicted molar refractivity (Wildman–Crippen MR) is 109 cm³/mol. The van der Waals surface area contributed by atoms with Crippen molar-refractivity contribution in [2.45, 2.75) is 58.8 Å². The molecule has 5 heteroatoms. The highest BCUT2D eigenvalue weighted by Gasteiger charge is 2.51. The molecule has 1 aromatic rings. The third-order valence-corrected chi connectivity index (χ3v) is 6.70. The summed E-state index contributed by atoms with van der Waals surface area (Å²) in [6.45, 7) is 4.11. The summed E-state index contributed by atoms with van der Waals surface area (Å²) < 4.78 is 0. The fourth-order valence-electron chi connectivity index (χ4n) is 6.23. The SMILES string of the molecule is Cc1cc(C)cc(NC(=S)NNC(=O)CC23CC4CC(CC(C4)C2)C3)c1. The summed E-state index contributed by atoms with van der Waals surface area (Å²) in [6.07, 6.45) is 8.60. The van der Waals surface area contributed by atoms with Gasteiger partial charge in [0.05, 0.1) is 0 Å². The van der Waals surface area contributed by atoms with Gasteiger partial charge in [0.2, 0.25) is 5.91 Å². The summed E-state index contributed by atoms with van der Waals surface area (Å²) in [6, 6.07) is 6.20. The molecule has 4 bridgehead atoms. The molecule has 4 fully saturated rings. The summed E-state index contributed by atoms with van der Waals surface area (Å²) in [5.74, 6) is 2.68. The van der Waals surface area contributed by atoms with Crippen molar-refractivity contribution in [1.29, 1.82) is 0 Å². The van der Waals surface area contributed by atoms with E-state index in [0.717, 1.165) is 23.4 Å². The molecule has 4 aliphatic carbocycles. The van der Waals surface area contributed by atoms with Crippen LogP contribution in [0.5, 0.6) is 0 Å². The van der Waals surface area contributed by atoms with Crippen molar-refractivity contribution in [3.05, 3.63) is 29.3 Å². The zero-order valence-electron chi connectivity index (χ0n) is 15.7. The third-order valence-electron chi connectivity index (χ3n) is 6.50. The molecule has 0 atom stereocenters. The Kier molecular flexibility index (Phi) is 4.68. The largest absolute Gasteiger partial charge is 0.331 e. The molecule has 5 rings (SSSR count).